The normalized spacial score (nSPS) is 22.9. The Morgan fingerprint density at radius 2 is 1.71 bits per heavy atom. The van der Waals surface area contributed by atoms with Crippen molar-refractivity contribution in [3.63, 3.8) is 0 Å². The molecule has 35 heavy (non-hydrogen) atoms. The van der Waals surface area contributed by atoms with Gasteiger partial charge in [-0.3, -0.25) is 0 Å². The van der Waals surface area contributed by atoms with Gasteiger partial charge in [0.15, 0.2) is 5.11 Å². The molecule has 0 amide bonds. The Morgan fingerprint density at radius 1 is 1.00 bits per heavy atom. The fourth-order valence-corrected chi connectivity index (χ4v) is 6.48. The summed E-state index contributed by atoms with van der Waals surface area (Å²) in [5.74, 6) is 0.777. The minimum absolute atomic E-state index is 0.104. The summed E-state index contributed by atoms with van der Waals surface area (Å²) in [5, 5.41) is 7.46. The Morgan fingerprint density at radius 3 is 2.40 bits per heavy atom. The molecule has 1 spiro atoms. The standard InChI is InChI=1S/C27H28N2O4S2/c1-18-9-12-21(13-10-18)35(30,31)33-20-11-14-22-23(15-20)32-24(19-7-5-4-6-8-19)16-27(22)17-26(2,3)28-25(34)29-27/h4-15,24H,16-17H2,1-3H3,(H2,28,29,34). The highest BCUT2D eigenvalue weighted by atomic mass is 32.2. The van der Waals surface area contributed by atoms with Crippen molar-refractivity contribution in [2.45, 2.75) is 55.7 Å². The summed E-state index contributed by atoms with van der Waals surface area (Å²) < 4.78 is 37.7. The highest BCUT2D eigenvalue weighted by molar-refractivity contribution is 7.87. The molecule has 5 rings (SSSR count). The number of rotatable bonds is 4. The molecule has 0 bridgehead atoms. The molecule has 1 fully saturated rings. The average Bonchev–Trinajstić information content (AvgIpc) is 2.78. The number of ether oxygens (including phenoxy) is 1. The zero-order valence-corrected chi connectivity index (χ0v) is 21.5. The highest BCUT2D eigenvalue weighted by Crippen LogP contribution is 2.50. The SMILES string of the molecule is Cc1ccc(S(=O)(=O)Oc2ccc3c(c2)OC(c2ccccc2)CC32CC(C)(C)NC(=S)N2)cc1. The van der Waals surface area contributed by atoms with Crippen LogP contribution in [-0.4, -0.2) is 19.1 Å². The molecule has 8 heteroatoms. The molecule has 6 nitrogen and oxygen atoms in total. The zero-order chi connectivity index (χ0) is 24.8. The van der Waals surface area contributed by atoms with Crippen molar-refractivity contribution in [2.75, 3.05) is 0 Å². The van der Waals surface area contributed by atoms with Gasteiger partial charge in [0.05, 0.1) is 5.54 Å². The maximum absolute atomic E-state index is 12.9. The van der Waals surface area contributed by atoms with Crippen LogP contribution in [0.2, 0.25) is 0 Å². The van der Waals surface area contributed by atoms with E-state index in [0.717, 1.165) is 23.1 Å². The van der Waals surface area contributed by atoms with Crippen LogP contribution in [-0.2, 0) is 15.7 Å². The van der Waals surface area contributed by atoms with Gasteiger partial charge in [0.25, 0.3) is 0 Å². The minimum Gasteiger partial charge on any atom is -0.485 e. The quantitative estimate of drug-likeness (QED) is 0.374. The van der Waals surface area contributed by atoms with Crippen LogP contribution >= 0.6 is 12.2 Å². The zero-order valence-electron chi connectivity index (χ0n) is 19.9. The first-order chi connectivity index (χ1) is 16.6. The van der Waals surface area contributed by atoms with E-state index in [-0.39, 0.29) is 22.3 Å². The van der Waals surface area contributed by atoms with Crippen LogP contribution in [0.1, 0.15) is 49.5 Å². The van der Waals surface area contributed by atoms with Crippen LogP contribution in [0.3, 0.4) is 0 Å². The van der Waals surface area contributed by atoms with Crippen molar-refractivity contribution in [3.8, 4) is 11.5 Å². The number of thiocarbonyl (C=S) groups is 1. The summed E-state index contributed by atoms with van der Waals surface area (Å²) in [6.07, 6.45) is 1.20. The Hall–Kier alpha value is -3.10. The second-order valence-corrected chi connectivity index (χ2v) is 11.9. The molecule has 0 aliphatic carbocycles. The first-order valence-electron chi connectivity index (χ1n) is 11.5. The predicted octanol–water partition coefficient (Wildman–Crippen LogP) is 5.13. The van der Waals surface area contributed by atoms with Crippen molar-refractivity contribution in [3.05, 3.63) is 89.5 Å². The minimum atomic E-state index is -3.98. The molecule has 0 radical (unpaired) electrons. The van der Waals surface area contributed by atoms with Crippen molar-refractivity contribution < 1.29 is 17.3 Å². The summed E-state index contributed by atoms with van der Waals surface area (Å²) in [7, 11) is -3.98. The molecule has 2 heterocycles. The Balaban J connectivity index is 1.55. The van der Waals surface area contributed by atoms with E-state index in [1.54, 1.807) is 36.4 Å². The number of hydrogen-bond acceptors (Lipinski definition) is 5. The van der Waals surface area contributed by atoms with E-state index in [0.29, 0.717) is 17.3 Å². The lowest BCUT2D eigenvalue weighted by molar-refractivity contribution is 0.0871. The second-order valence-electron chi connectivity index (χ2n) is 9.95. The van der Waals surface area contributed by atoms with E-state index >= 15 is 0 Å². The van der Waals surface area contributed by atoms with Crippen molar-refractivity contribution in [1.82, 2.24) is 10.6 Å². The van der Waals surface area contributed by atoms with Gasteiger partial charge >= 0.3 is 10.1 Å². The van der Waals surface area contributed by atoms with E-state index in [2.05, 4.69) is 24.5 Å². The van der Waals surface area contributed by atoms with Gasteiger partial charge in [0.1, 0.15) is 22.5 Å². The number of benzene rings is 3. The largest absolute Gasteiger partial charge is 0.485 e. The van der Waals surface area contributed by atoms with Crippen LogP contribution in [0, 0.1) is 6.92 Å². The smallest absolute Gasteiger partial charge is 0.339 e. The summed E-state index contributed by atoms with van der Waals surface area (Å²) in [4.78, 5) is 0.104. The maximum atomic E-state index is 12.9. The van der Waals surface area contributed by atoms with Crippen LogP contribution in [0.15, 0.2) is 77.7 Å². The van der Waals surface area contributed by atoms with Gasteiger partial charge in [-0.05, 0) is 69.2 Å². The third-order valence-corrected chi connectivity index (χ3v) is 7.97. The lowest BCUT2D eigenvalue weighted by Crippen LogP contribution is -2.65. The van der Waals surface area contributed by atoms with E-state index in [1.807, 2.05) is 43.3 Å². The summed E-state index contributed by atoms with van der Waals surface area (Å²) >= 11 is 5.59. The number of aryl methyl sites for hydroxylation is 1. The van der Waals surface area contributed by atoms with E-state index < -0.39 is 15.7 Å². The maximum Gasteiger partial charge on any atom is 0.339 e. The molecule has 0 saturated carbocycles. The molecule has 3 aromatic rings. The monoisotopic (exact) mass is 508 g/mol. The molecule has 2 unspecified atom stereocenters. The van der Waals surface area contributed by atoms with Gasteiger partial charge < -0.3 is 19.6 Å². The second kappa shape index (κ2) is 8.53. The van der Waals surface area contributed by atoms with Gasteiger partial charge in [-0.25, -0.2) is 0 Å². The van der Waals surface area contributed by atoms with Gasteiger partial charge in [0, 0.05) is 23.6 Å². The van der Waals surface area contributed by atoms with Crippen molar-refractivity contribution in [2.24, 2.45) is 0 Å². The molecular formula is C27H28N2O4S2. The van der Waals surface area contributed by atoms with Crippen LogP contribution in [0.25, 0.3) is 0 Å². The summed E-state index contributed by atoms with van der Waals surface area (Å²) in [6, 6.07) is 21.8. The van der Waals surface area contributed by atoms with Crippen LogP contribution in [0.4, 0.5) is 0 Å². The van der Waals surface area contributed by atoms with Gasteiger partial charge in [-0.15, -0.1) is 0 Å². The van der Waals surface area contributed by atoms with Gasteiger partial charge in [0.2, 0.25) is 0 Å². The molecule has 182 valence electrons. The van der Waals surface area contributed by atoms with Gasteiger partial charge in [-0.2, -0.15) is 8.42 Å². The van der Waals surface area contributed by atoms with E-state index in [1.165, 1.54) is 0 Å². The van der Waals surface area contributed by atoms with Crippen LogP contribution in [0.5, 0.6) is 11.5 Å². The van der Waals surface area contributed by atoms with Gasteiger partial charge in [-0.1, -0.05) is 48.0 Å². The number of nitrogens with one attached hydrogen (secondary N) is 2. The average molecular weight is 509 g/mol. The number of hydrogen-bond donors (Lipinski definition) is 2. The fraction of sp³-hybridized carbons (Fsp3) is 0.296. The molecule has 2 atom stereocenters. The third kappa shape index (κ3) is 4.73. The van der Waals surface area contributed by atoms with Crippen molar-refractivity contribution in [1.29, 1.82) is 0 Å². The van der Waals surface area contributed by atoms with E-state index in [4.69, 9.17) is 21.1 Å². The highest BCUT2D eigenvalue weighted by Gasteiger charge is 2.49. The first kappa shape index (κ1) is 23.6. The predicted molar refractivity (Wildman–Crippen MR) is 139 cm³/mol. The van der Waals surface area contributed by atoms with E-state index in [9.17, 15) is 8.42 Å². The molecule has 0 aromatic heterocycles. The third-order valence-electron chi connectivity index (χ3n) is 6.51. The lowest BCUT2D eigenvalue weighted by atomic mass is 9.72. The molecule has 3 aromatic carbocycles. The summed E-state index contributed by atoms with van der Waals surface area (Å²) in [5.41, 5.74) is 2.23. The number of fused-ring (bicyclic) bond motifs is 2. The van der Waals surface area contributed by atoms with Crippen LogP contribution < -0.4 is 19.6 Å². The Labute approximate surface area is 211 Å². The lowest BCUT2D eigenvalue weighted by Gasteiger charge is -2.51. The topological polar surface area (TPSA) is 76.7 Å². The Kier molecular flexibility index (Phi) is 5.76. The van der Waals surface area contributed by atoms with Crippen molar-refractivity contribution >= 4 is 27.4 Å². The molecule has 2 aliphatic rings. The Bertz CT molecular complexity index is 1370. The summed E-state index contributed by atoms with van der Waals surface area (Å²) in [6.45, 7) is 6.15. The molecule has 2 N–H and O–H groups in total. The first-order valence-corrected chi connectivity index (χ1v) is 13.3. The molecular weight excluding hydrogens is 480 g/mol. The molecule has 1 saturated heterocycles. The fourth-order valence-electron chi connectivity index (χ4n) is 5.09. The molecule has 2 aliphatic heterocycles.